The number of halogens is 4. The topological polar surface area (TPSA) is 36.9 Å². The van der Waals surface area contributed by atoms with E-state index in [4.69, 9.17) is 65.4 Å². The molecule has 0 spiro atoms. The molecule has 0 aromatic carbocycles. The molecule has 0 aromatic heterocycles. The predicted molar refractivity (Wildman–Crippen MR) is 126 cm³/mol. The van der Waals surface area contributed by atoms with Crippen LogP contribution in [0.1, 0.15) is 51.4 Å². The summed E-state index contributed by atoms with van der Waals surface area (Å²) in [6, 6.07) is 0. The summed E-state index contributed by atoms with van der Waals surface area (Å²) >= 11 is 23.0. The summed E-state index contributed by atoms with van der Waals surface area (Å²) in [5.41, 5.74) is -0.330. The first kappa shape index (κ1) is 30.0. The molecule has 0 N–H and O–H groups in total. The van der Waals surface area contributed by atoms with Gasteiger partial charge >= 0.3 is 0 Å². The molecule has 0 saturated carbocycles. The Kier molecular flexibility index (Phi) is 24.5. The molecule has 0 aliphatic rings. The second kappa shape index (κ2) is 23.7. The van der Waals surface area contributed by atoms with Gasteiger partial charge in [0.15, 0.2) is 0 Å². The minimum absolute atomic E-state index is 0.330. The molecule has 0 aliphatic carbocycles. The van der Waals surface area contributed by atoms with E-state index in [-0.39, 0.29) is 5.41 Å². The van der Waals surface area contributed by atoms with Crippen LogP contribution < -0.4 is 0 Å². The molecule has 0 fully saturated rings. The first-order valence-electron chi connectivity index (χ1n) is 10.8. The third-order valence-corrected chi connectivity index (χ3v) is 5.39. The van der Waals surface area contributed by atoms with Gasteiger partial charge in [0.25, 0.3) is 0 Å². The fourth-order valence-corrected chi connectivity index (χ4v) is 3.36. The van der Waals surface area contributed by atoms with E-state index in [2.05, 4.69) is 0 Å². The predicted octanol–water partition coefficient (Wildman–Crippen LogP) is 6.12. The fraction of sp³-hybridized carbons (Fsp3) is 1.00. The van der Waals surface area contributed by atoms with E-state index in [1.165, 1.54) is 0 Å². The fourth-order valence-electron chi connectivity index (χ4n) is 2.60. The summed E-state index contributed by atoms with van der Waals surface area (Å²) in [7, 11) is 0. The Morgan fingerprint density at radius 2 is 0.621 bits per heavy atom. The van der Waals surface area contributed by atoms with Crippen LogP contribution in [0, 0.1) is 5.41 Å². The van der Waals surface area contributed by atoms with Crippen LogP contribution in [0.2, 0.25) is 0 Å². The van der Waals surface area contributed by atoms with Crippen molar-refractivity contribution < 1.29 is 18.9 Å². The van der Waals surface area contributed by atoms with Gasteiger partial charge in [-0.1, -0.05) is 0 Å². The van der Waals surface area contributed by atoms with E-state index >= 15 is 0 Å². The normalized spacial score (nSPS) is 12.0. The van der Waals surface area contributed by atoms with Crippen molar-refractivity contribution in [3.8, 4) is 0 Å². The third-order valence-electron chi connectivity index (χ3n) is 4.32. The maximum atomic E-state index is 5.97. The van der Waals surface area contributed by atoms with Gasteiger partial charge in [-0.3, -0.25) is 0 Å². The average molecular weight is 498 g/mol. The molecule has 29 heavy (non-hydrogen) atoms. The zero-order valence-corrected chi connectivity index (χ0v) is 20.8. The lowest BCUT2D eigenvalue weighted by atomic mass is 9.92. The molecule has 176 valence electrons. The standard InChI is InChI=1S/C21H40Cl4O4/c22-9-1-5-13-26-17-21(18-27-14-6-2-10-23,19-28-15-7-3-11-24)20-29-16-8-4-12-25/h1-20H2. The first-order valence-corrected chi connectivity index (χ1v) is 12.9. The van der Waals surface area contributed by atoms with Gasteiger partial charge in [0.1, 0.15) is 0 Å². The highest BCUT2D eigenvalue weighted by molar-refractivity contribution is 6.18. The molecule has 0 aromatic rings. The Labute approximate surface area is 198 Å². The molecule has 0 heterocycles. The highest BCUT2D eigenvalue weighted by Crippen LogP contribution is 2.22. The van der Waals surface area contributed by atoms with E-state index in [9.17, 15) is 0 Å². The Morgan fingerprint density at radius 3 is 0.828 bits per heavy atom. The van der Waals surface area contributed by atoms with Gasteiger partial charge in [-0.05, 0) is 51.4 Å². The van der Waals surface area contributed by atoms with Crippen LogP contribution in [0.3, 0.4) is 0 Å². The Bertz CT molecular complexity index is 264. The lowest BCUT2D eigenvalue weighted by Gasteiger charge is -2.33. The van der Waals surface area contributed by atoms with Crippen molar-refractivity contribution in [2.75, 3.05) is 76.4 Å². The minimum Gasteiger partial charge on any atom is -0.381 e. The minimum atomic E-state index is -0.330. The number of rotatable bonds is 24. The lowest BCUT2D eigenvalue weighted by Crippen LogP contribution is -2.42. The molecule has 0 aliphatic heterocycles. The van der Waals surface area contributed by atoms with Crippen molar-refractivity contribution in [2.24, 2.45) is 5.41 Å². The van der Waals surface area contributed by atoms with E-state index in [1.54, 1.807) is 0 Å². The van der Waals surface area contributed by atoms with Gasteiger partial charge in [0.2, 0.25) is 0 Å². The van der Waals surface area contributed by atoms with Crippen LogP contribution in [-0.4, -0.2) is 76.4 Å². The third kappa shape index (κ3) is 19.4. The maximum absolute atomic E-state index is 5.97. The molecule has 0 rings (SSSR count). The highest BCUT2D eigenvalue weighted by atomic mass is 35.5. The zero-order valence-electron chi connectivity index (χ0n) is 17.8. The number of unbranched alkanes of at least 4 members (excludes halogenated alkanes) is 4. The summed E-state index contributed by atoms with van der Waals surface area (Å²) in [6.07, 6.45) is 7.60. The van der Waals surface area contributed by atoms with Crippen molar-refractivity contribution >= 4 is 46.4 Å². The Hall–Kier alpha value is 1.00. The molecular weight excluding hydrogens is 458 g/mol. The van der Waals surface area contributed by atoms with Crippen molar-refractivity contribution in [1.82, 2.24) is 0 Å². The quantitative estimate of drug-likeness (QED) is 0.119. The molecule has 0 amide bonds. The molecule has 0 atom stereocenters. The van der Waals surface area contributed by atoms with Gasteiger partial charge in [-0.15, -0.1) is 46.4 Å². The Balaban J connectivity index is 4.69. The number of alkyl halides is 4. The van der Waals surface area contributed by atoms with Gasteiger partial charge in [-0.25, -0.2) is 0 Å². The van der Waals surface area contributed by atoms with Crippen LogP contribution in [-0.2, 0) is 18.9 Å². The van der Waals surface area contributed by atoms with Gasteiger partial charge in [-0.2, -0.15) is 0 Å². The maximum Gasteiger partial charge on any atom is 0.0637 e. The molecule has 0 bridgehead atoms. The molecule has 4 nitrogen and oxygen atoms in total. The number of hydrogen-bond acceptors (Lipinski definition) is 4. The van der Waals surface area contributed by atoms with E-state index in [1.807, 2.05) is 0 Å². The van der Waals surface area contributed by atoms with Gasteiger partial charge in [0.05, 0.1) is 31.8 Å². The first-order chi connectivity index (χ1) is 14.2. The van der Waals surface area contributed by atoms with E-state index in [0.29, 0.717) is 76.4 Å². The van der Waals surface area contributed by atoms with Crippen LogP contribution in [0.4, 0.5) is 0 Å². The summed E-state index contributed by atoms with van der Waals surface area (Å²) < 4.78 is 23.9. The van der Waals surface area contributed by atoms with Crippen LogP contribution in [0.25, 0.3) is 0 Å². The summed E-state index contributed by atoms with van der Waals surface area (Å²) in [6.45, 7) is 4.87. The number of ether oxygens (including phenoxy) is 4. The SMILES string of the molecule is ClCCCCOCC(COCCCCCl)(COCCCCCl)COCCCCCl. The second-order valence-electron chi connectivity index (χ2n) is 7.29. The van der Waals surface area contributed by atoms with Crippen molar-refractivity contribution in [3.63, 3.8) is 0 Å². The zero-order chi connectivity index (χ0) is 21.5. The van der Waals surface area contributed by atoms with Crippen LogP contribution in [0.5, 0.6) is 0 Å². The molecular formula is C21H40Cl4O4. The van der Waals surface area contributed by atoms with Crippen molar-refractivity contribution in [1.29, 1.82) is 0 Å². The molecule has 8 heteroatoms. The summed E-state index contributed by atoms with van der Waals surface area (Å²) in [5, 5.41) is 0. The number of hydrogen-bond donors (Lipinski definition) is 0. The molecule has 0 unspecified atom stereocenters. The van der Waals surface area contributed by atoms with Crippen molar-refractivity contribution in [2.45, 2.75) is 51.4 Å². The smallest absolute Gasteiger partial charge is 0.0637 e. The molecule has 0 radical (unpaired) electrons. The van der Waals surface area contributed by atoms with Crippen LogP contribution in [0.15, 0.2) is 0 Å². The van der Waals surface area contributed by atoms with Crippen LogP contribution >= 0.6 is 46.4 Å². The lowest BCUT2D eigenvalue weighted by molar-refractivity contribution is -0.107. The average Bonchev–Trinajstić information content (AvgIpc) is 2.73. The largest absolute Gasteiger partial charge is 0.381 e. The Morgan fingerprint density at radius 1 is 0.379 bits per heavy atom. The second-order valence-corrected chi connectivity index (χ2v) is 8.81. The van der Waals surface area contributed by atoms with Crippen molar-refractivity contribution in [3.05, 3.63) is 0 Å². The summed E-state index contributed by atoms with van der Waals surface area (Å²) in [5.74, 6) is 2.63. The highest BCUT2D eigenvalue weighted by Gasteiger charge is 2.32. The summed E-state index contributed by atoms with van der Waals surface area (Å²) in [4.78, 5) is 0. The van der Waals surface area contributed by atoms with Gasteiger partial charge < -0.3 is 18.9 Å². The molecule has 0 saturated heterocycles. The van der Waals surface area contributed by atoms with E-state index < -0.39 is 0 Å². The van der Waals surface area contributed by atoms with E-state index in [0.717, 1.165) is 51.4 Å². The van der Waals surface area contributed by atoms with Gasteiger partial charge in [0, 0.05) is 49.9 Å². The monoisotopic (exact) mass is 496 g/mol.